The number of rotatable bonds is 4. The van der Waals surface area contributed by atoms with Gasteiger partial charge >= 0.3 is 0 Å². The molecule has 0 fully saturated rings. The van der Waals surface area contributed by atoms with Gasteiger partial charge in [0.05, 0.1) is 17.7 Å². The molecule has 0 radical (unpaired) electrons. The van der Waals surface area contributed by atoms with Crippen LogP contribution in [0.15, 0.2) is 23.7 Å². The summed E-state index contributed by atoms with van der Waals surface area (Å²) in [6.07, 6.45) is 0. The highest BCUT2D eigenvalue weighted by Crippen LogP contribution is 2.28. The summed E-state index contributed by atoms with van der Waals surface area (Å²) < 4.78 is 0. The van der Waals surface area contributed by atoms with Crippen LogP contribution in [-0.2, 0) is 13.1 Å². The van der Waals surface area contributed by atoms with Crippen molar-refractivity contribution in [2.45, 2.75) is 20.0 Å². The molecule has 5 heteroatoms. The van der Waals surface area contributed by atoms with Crippen LogP contribution in [0.5, 0.6) is 0 Å². The molecule has 96 valence electrons. The summed E-state index contributed by atoms with van der Waals surface area (Å²) in [7, 11) is 2.05. The Balaban J connectivity index is 2.26. The number of anilines is 1. The average molecular weight is 282 g/mol. The van der Waals surface area contributed by atoms with Gasteiger partial charge in [0.1, 0.15) is 0 Å². The number of aryl methyl sites for hydroxylation is 1. The van der Waals surface area contributed by atoms with Gasteiger partial charge < -0.3 is 10.6 Å². The molecular weight excluding hydrogens is 266 g/mol. The molecule has 0 amide bonds. The van der Waals surface area contributed by atoms with Gasteiger partial charge in [-0.25, -0.2) is 4.98 Å². The van der Waals surface area contributed by atoms with E-state index in [1.807, 2.05) is 37.7 Å². The summed E-state index contributed by atoms with van der Waals surface area (Å²) in [5.74, 6) is 0. The molecule has 0 spiro atoms. The first kappa shape index (κ1) is 13.3. The number of nitrogens with zero attached hydrogens (tertiary/aromatic N) is 2. The summed E-state index contributed by atoms with van der Waals surface area (Å²) in [6, 6.07) is 5.87. The van der Waals surface area contributed by atoms with Gasteiger partial charge in [0.25, 0.3) is 0 Å². The molecule has 0 saturated carbocycles. The molecule has 0 bridgehead atoms. The number of hydrogen-bond donors (Lipinski definition) is 1. The minimum Gasteiger partial charge on any atom is -0.369 e. The van der Waals surface area contributed by atoms with Crippen molar-refractivity contribution in [3.05, 3.63) is 44.9 Å². The highest BCUT2D eigenvalue weighted by molar-refractivity contribution is 7.09. The van der Waals surface area contributed by atoms with Crippen molar-refractivity contribution in [1.82, 2.24) is 4.98 Å². The van der Waals surface area contributed by atoms with E-state index in [9.17, 15) is 0 Å². The lowest BCUT2D eigenvalue weighted by molar-refractivity contribution is 0.907. The van der Waals surface area contributed by atoms with Gasteiger partial charge in [-0.15, -0.1) is 11.3 Å². The predicted molar refractivity (Wildman–Crippen MR) is 78.3 cm³/mol. The van der Waals surface area contributed by atoms with E-state index in [-0.39, 0.29) is 0 Å². The zero-order valence-corrected chi connectivity index (χ0v) is 12.1. The summed E-state index contributed by atoms with van der Waals surface area (Å²) >= 11 is 7.84. The number of nitrogens with two attached hydrogens (primary N) is 1. The van der Waals surface area contributed by atoms with Crippen LogP contribution in [-0.4, -0.2) is 12.0 Å². The van der Waals surface area contributed by atoms with Gasteiger partial charge in [0, 0.05) is 34.7 Å². The summed E-state index contributed by atoms with van der Waals surface area (Å²) in [5, 5.41) is 0.725. The van der Waals surface area contributed by atoms with Gasteiger partial charge in [0.2, 0.25) is 0 Å². The number of halogens is 1. The molecule has 1 aromatic carbocycles. The van der Waals surface area contributed by atoms with Crippen LogP contribution in [0.3, 0.4) is 0 Å². The lowest BCUT2D eigenvalue weighted by atomic mass is 10.1. The molecule has 0 saturated heterocycles. The minimum absolute atomic E-state index is 0.445. The van der Waals surface area contributed by atoms with E-state index in [1.54, 1.807) is 11.3 Å². The second-order valence-corrected chi connectivity index (χ2v) is 5.51. The minimum atomic E-state index is 0.445. The molecule has 1 heterocycles. The SMILES string of the molecule is Cc1ncsc1CN(C)c1cccc(Cl)c1CN. The number of hydrogen-bond acceptors (Lipinski definition) is 4. The third-order valence-corrected chi connectivity index (χ3v) is 4.21. The van der Waals surface area contributed by atoms with Crippen molar-refractivity contribution in [1.29, 1.82) is 0 Å². The summed E-state index contributed by atoms with van der Waals surface area (Å²) in [5.41, 5.74) is 10.8. The van der Waals surface area contributed by atoms with Gasteiger partial charge in [-0.3, -0.25) is 0 Å². The monoisotopic (exact) mass is 281 g/mol. The van der Waals surface area contributed by atoms with Crippen LogP contribution >= 0.6 is 22.9 Å². The molecule has 2 rings (SSSR count). The topological polar surface area (TPSA) is 42.2 Å². The Morgan fingerprint density at radius 2 is 2.22 bits per heavy atom. The Kier molecular flexibility index (Phi) is 4.22. The molecule has 18 heavy (non-hydrogen) atoms. The standard InChI is InChI=1S/C13H16ClN3S/c1-9-13(18-8-16-9)7-17(2)12-5-3-4-11(14)10(12)6-15/h3-5,8H,6-7,15H2,1-2H3. The van der Waals surface area contributed by atoms with Gasteiger partial charge in [-0.05, 0) is 19.1 Å². The third kappa shape index (κ3) is 2.66. The first-order valence-electron chi connectivity index (χ1n) is 5.71. The summed E-state index contributed by atoms with van der Waals surface area (Å²) in [6.45, 7) is 3.30. The van der Waals surface area contributed by atoms with Crippen molar-refractivity contribution in [2.24, 2.45) is 5.73 Å². The molecule has 0 aliphatic rings. The van der Waals surface area contributed by atoms with E-state index >= 15 is 0 Å². The Labute approximate surface area is 116 Å². The van der Waals surface area contributed by atoms with E-state index in [0.717, 1.165) is 28.5 Å². The zero-order chi connectivity index (χ0) is 13.1. The average Bonchev–Trinajstić information content (AvgIpc) is 2.74. The molecule has 2 aromatic rings. The van der Waals surface area contributed by atoms with Crippen molar-refractivity contribution in [3.8, 4) is 0 Å². The normalized spacial score (nSPS) is 10.7. The molecule has 1 aromatic heterocycles. The molecule has 0 unspecified atom stereocenters. The van der Waals surface area contributed by atoms with E-state index in [0.29, 0.717) is 6.54 Å². The second kappa shape index (κ2) is 5.69. The number of aromatic nitrogens is 1. The van der Waals surface area contributed by atoms with E-state index < -0.39 is 0 Å². The smallest absolute Gasteiger partial charge is 0.0798 e. The first-order valence-corrected chi connectivity index (χ1v) is 6.96. The molecule has 2 N–H and O–H groups in total. The molecular formula is C13H16ClN3S. The first-order chi connectivity index (χ1) is 8.63. The lowest BCUT2D eigenvalue weighted by Crippen LogP contribution is -2.19. The maximum atomic E-state index is 6.17. The fraction of sp³-hybridized carbons (Fsp3) is 0.308. The van der Waals surface area contributed by atoms with Crippen molar-refractivity contribution < 1.29 is 0 Å². The van der Waals surface area contributed by atoms with Gasteiger partial charge in [-0.2, -0.15) is 0 Å². The predicted octanol–water partition coefficient (Wildman–Crippen LogP) is 3.20. The molecule has 0 aliphatic heterocycles. The fourth-order valence-corrected chi connectivity index (χ4v) is 2.96. The quantitative estimate of drug-likeness (QED) is 0.936. The summed E-state index contributed by atoms with van der Waals surface area (Å²) in [4.78, 5) is 7.69. The van der Waals surface area contributed by atoms with E-state index in [1.165, 1.54) is 4.88 Å². The molecule has 0 aliphatic carbocycles. The highest BCUT2D eigenvalue weighted by Gasteiger charge is 2.11. The van der Waals surface area contributed by atoms with Gasteiger partial charge in [0.15, 0.2) is 0 Å². The third-order valence-electron chi connectivity index (χ3n) is 2.94. The molecule has 0 atom stereocenters. The fourth-order valence-electron chi connectivity index (χ4n) is 1.89. The van der Waals surface area contributed by atoms with Crippen LogP contribution in [0, 0.1) is 6.92 Å². The number of thiazole rings is 1. The van der Waals surface area contributed by atoms with Crippen LogP contribution in [0.25, 0.3) is 0 Å². The van der Waals surface area contributed by atoms with Crippen LogP contribution in [0.4, 0.5) is 5.69 Å². The van der Waals surface area contributed by atoms with Crippen LogP contribution in [0.2, 0.25) is 5.02 Å². The van der Waals surface area contributed by atoms with Gasteiger partial charge in [-0.1, -0.05) is 17.7 Å². The Morgan fingerprint density at radius 3 is 2.83 bits per heavy atom. The largest absolute Gasteiger partial charge is 0.369 e. The van der Waals surface area contributed by atoms with Crippen molar-refractivity contribution in [3.63, 3.8) is 0 Å². The Hall–Kier alpha value is -1.10. The molecule has 3 nitrogen and oxygen atoms in total. The number of benzene rings is 1. The Bertz CT molecular complexity index is 539. The highest BCUT2D eigenvalue weighted by atomic mass is 35.5. The van der Waals surface area contributed by atoms with Crippen LogP contribution < -0.4 is 10.6 Å². The van der Waals surface area contributed by atoms with E-state index in [4.69, 9.17) is 17.3 Å². The maximum absolute atomic E-state index is 6.17. The van der Waals surface area contributed by atoms with Crippen molar-refractivity contribution in [2.75, 3.05) is 11.9 Å². The zero-order valence-electron chi connectivity index (χ0n) is 10.5. The maximum Gasteiger partial charge on any atom is 0.0798 e. The lowest BCUT2D eigenvalue weighted by Gasteiger charge is -2.22. The Morgan fingerprint density at radius 1 is 1.44 bits per heavy atom. The van der Waals surface area contributed by atoms with Crippen LogP contribution in [0.1, 0.15) is 16.1 Å². The van der Waals surface area contributed by atoms with E-state index in [2.05, 4.69) is 9.88 Å². The second-order valence-electron chi connectivity index (χ2n) is 4.16. The van der Waals surface area contributed by atoms with Crippen molar-refractivity contribution >= 4 is 28.6 Å².